The Morgan fingerprint density at radius 2 is 1.90 bits per heavy atom. The Labute approximate surface area is 123 Å². The lowest BCUT2D eigenvalue weighted by molar-refractivity contribution is 0.824. The highest BCUT2D eigenvalue weighted by atomic mass is 32.1. The van der Waals surface area contributed by atoms with Crippen LogP contribution in [0.1, 0.15) is 53.9 Å². The normalized spacial score (nSPS) is 12.7. The molecule has 2 heterocycles. The second-order valence-corrected chi connectivity index (χ2v) is 6.46. The largest absolute Gasteiger partial charge is 0.383 e. The van der Waals surface area contributed by atoms with Crippen LogP contribution in [0, 0.1) is 13.8 Å². The van der Waals surface area contributed by atoms with Crippen molar-refractivity contribution < 1.29 is 0 Å². The van der Waals surface area contributed by atoms with Crippen molar-refractivity contribution in [1.82, 2.24) is 15.0 Å². The van der Waals surface area contributed by atoms with E-state index in [1.54, 1.807) is 11.3 Å². The zero-order chi connectivity index (χ0) is 14.9. The number of nitrogens with one attached hydrogen (secondary N) is 1. The number of thiazole rings is 1. The number of rotatable bonds is 4. The molecule has 0 aliphatic heterocycles. The summed E-state index contributed by atoms with van der Waals surface area (Å²) in [4.78, 5) is 14.1. The lowest BCUT2D eigenvalue weighted by atomic mass is 10.0. The molecule has 1 atom stereocenters. The molecular formula is C14H21N5S. The molecular weight excluding hydrogens is 270 g/mol. The highest BCUT2D eigenvalue weighted by Gasteiger charge is 2.18. The van der Waals surface area contributed by atoms with E-state index in [0.717, 1.165) is 22.1 Å². The number of aryl methyl sites for hydroxylation is 2. The van der Waals surface area contributed by atoms with Crippen molar-refractivity contribution in [3.8, 4) is 0 Å². The van der Waals surface area contributed by atoms with Gasteiger partial charge in [0.05, 0.1) is 16.7 Å². The van der Waals surface area contributed by atoms with Gasteiger partial charge in [-0.25, -0.2) is 15.0 Å². The summed E-state index contributed by atoms with van der Waals surface area (Å²) in [6.45, 7) is 10.4. The monoisotopic (exact) mass is 291 g/mol. The summed E-state index contributed by atoms with van der Waals surface area (Å²) in [6.07, 6.45) is 1.50. The molecule has 20 heavy (non-hydrogen) atoms. The predicted molar refractivity (Wildman–Crippen MR) is 84.2 cm³/mol. The quantitative estimate of drug-likeness (QED) is 0.902. The topological polar surface area (TPSA) is 76.7 Å². The van der Waals surface area contributed by atoms with Crippen LogP contribution in [0.15, 0.2) is 6.33 Å². The van der Waals surface area contributed by atoms with Crippen molar-refractivity contribution in [2.75, 3.05) is 11.1 Å². The van der Waals surface area contributed by atoms with Crippen LogP contribution in [0.4, 0.5) is 11.6 Å². The molecule has 0 aliphatic carbocycles. The molecule has 2 rings (SSSR count). The highest BCUT2D eigenvalue weighted by molar-refractivity contribution is 7.11. The van der Waals surface area contributed by atoms with Crippen LogP contribution in [-0.2, 0) is 0 Å². The van der Waals surface area contributed by atoms with Gasteiger partial charge < -0.3 is 11.1 Å². The summed E-state index contributed by atoms with van der Waals surface area (Å²) in [5, 5.41) is 4.52. The summed E-state index contributed by atoms with van der Waals surface area (Å²) in [6, 6.07) is 0.146. The predicted octanol–water partition coefficient (Wildman–Crippen LogP) is 3.43. The summed E-state index contributed by atoms with van der Waals surface area (Å²) in [5.41, 5.74) is 8.01. The van der Waals surface area contributed by atoms with Gasteiger partial charge in [0.2, 0.25) is 0 Å². The van der Waals surface area contributed by atoms with Gasteiger partial charge in [-0.05, 0) is 26.7 Å². The summed E-state index contributed by atoms with van der Waals surface area (Å²) >= 11 is 1.71. The molecule has 0 spiro atoms. The number of nitrogen functional groups attached to an aromatic ring is 1. The summed E-state index contributed by atoms with van der Waals surface area (Å²) in [5.74, 6) is 1.63. The van der Waals surface area contributed by atoms with Gasteiger partial charge in [-0.1, -0.05) is 13.8 Å². The molecule has 2 aromatic rings. The second kappa shape index (κ2) is 5.75. The smallest absolute Gasteiger partial charge is 0.135 e. The van der Waals surface area contributed by atoms with Gasteiger partial charge >= 0.3 is 0 Å². The Morgan fingerprint density at radius 1 is 1.20 bits per heavy atom. The molecule has 1 unspecified atom stereocenters. The minimum absolute atomic E-state index is 0.146. The number of anilines is 2. The Hall–Kier alpha value is -1.69. The maximum Gasteiger partial charge on any atom is 0.135 e. The first-order valence-electron chi connectivity index (χ1n) is 6.71. The number of hydrogen-bond donors (Lipinski definition) is 2. The fourth-order valence-electron chi connectivity index (χ4n) is 2.31. The lowest BCUT2D eigenvalue weighted by Crippen LogP contribution is -2.12. The lowest BCUT2D eigenvalue weighted by Gasteiger charge is -2.19. The number of hydrogen-bond acceptors (Lipinski definition) is 6. The van der Waals surface area contributed by atoms with E-state index in [1.807, 2.05) is 13.8 Å². The first kappa shape index (κ1) is 14.7. The van der Waals surface area contributed by atoms with Gasteiger partial charge in [0.1, 0.15) is 18.0 Å². The number of aromatic nitrogens is 3. The Bertz CT molecular complexity index is 606. The van der Waals surface area contributed by atoms with E-state index in [1.165, 1.54) is 11.2 Å². The van der Waals surface area contributed by atoms with Crippen molar-refractivity contribution >= 4 is 23.0 Å². The van der Waals surface area contributed by atoms with Crippen molar-refractivity contribution in [1.29, 1.82) is 0 Å². The van der Waals surface area contributed by atoms with E-state index in [9.17, 15) is 0 Å². The van der Waals surface area contributed by atoms with Crippen LogP contribution in [0.5, 0.6) is 0 Å². The maximum absolute atomic E-state index is 5.97. The molecule has 0 saturated carbocycles. The molecule has 2 aromatic heterocycles. The van der Waals surface area contributed by atoms with Crippen LogP contribution < -0.4 is 11.1 Å². The molecule has 0 aromatic carbocycles. The molecule has 0 fully saturated rings. The molecule has 5 nitrogen and oxygen atoms in total. The minimum atomic E-state index is 0.146. The van der Waals surface area contributed by atoms with Crippen molar-refractivity contribution in [2.45, 2.75) is 46.6 Å². The molecule has 108 valence electrons. The molecule has 3 N–H and O–H groups in total. The molecule has 0 bridgehead atoms. The van der Waals surface area contributed by atoms with Gasteiger partial charge in [0.15, 0.2) is 0 Å². The minimum Gasteiger partial charge on any atom is -0.383 e. The maximum atomic E-state index is 5.97. The average molecular weight is 291 g/mol. The van der Waals surface area contributed by atoms with Gasteiger partial charge in [-0.15, -0.1) is 11.3 Å². The van der Waals surface area contributed by atoms with Crippen LogP contribution in [0.3, 0.4) is 0 Å². The summed E-state index contributed by atoms with van der Waals surface area (Å²) in [7, 11) is 0. The fourth-order valence-corrected chi connectivity index (χ4v) is 3.24. The molecule has 0 radical (unpaired) electrons. The van der Waals surface area contributed by atoms with E-state index in [2.05, 4.69) is 41.0 Å². The van der Waals surface area contributed by atoms with Crippen molar-refractivity contribution in [3.05, 3.63) is 27.5 Å². The van der Waals surface area contributed by atoms with Crippen LogP contribution in [0.25, 0.3) is 0 Å². The SMILES string of the molecule is Cc1nc(C)c(C(C)Nc2ncnc(N)c2C(C)C)s1. The third-order valence-corrected chi connectivity index (χ3v) is 4.43. The Balaban J connectivity index is 2.30. The van der Waals surface area contributed by atoms with E-state index >= 15 is 0 Å². The fraction of sp³-hybridized carbons (Fsp3) is 0.500. The van der Waals surface area contributed by atoms with Gasteiger partial charge in [0, 0.05) is 10.4 Å². The van der Waals surface area contributed by atoms with E-state index in [0.29, 0.717) is 5.82 Å². The highest BCUT2D eigenvalue weighted by Crippen LogP contribution is 2.31. The van der Waals surface area contributed by atoms with Crippen LogP contribution >= 0.6 is 11.3 Å². The third kappa shape index (κ3) is 2.90. The van der Waals surface area contributed by atoms with Gasteiger partial charge in [0.25, 0.3) is 0 Å². The van der Waals surface area contributed by atoms with E-state index < -0.39 is 0 Å². The number of nitrogens with zero attached hydrogens (tertiary/aromatic N) is 3. The molecule has 0 aliphatic rings. The van der Waals surface area contributed by atoms with Crippen molar-refractivity contribution in [3.63, 3.8) is 0 Å². The second-order valence-electron chi connectivity index (χ2n) is 5.22. The molecule has 6 heteroatoms. The Kier molecular flexibility index (Phi) is 4.23. The summed E-state index contributed by atoms with van der Waals surface area (Å²) < 4.78 is 0. The average Bonchev–Trinajstić information content (AvgIpc) is 2.68. The van der Waals surface area contributed by atoms with E-state index in [4.69, 9.17) is 5.73 Å². The molecule has 0 amide bonds. The van der Waals surface area contributed by atoms with Gasteiger partial charge in [-0.3, -0.25) is 0 Å². The van der Waals surface area contributed by atoms with Crippen molar-refractivity contribution in [2.24, 2.45) is 0 Å². The van der Waals surface area contributed by atoms with Gasteiger partial charge in [-0.2, -0.15) is 0 Å². The Morgan fingerprint density at radius 3 is 2.45 bits per heavy atom. The van der Waals surface area contributed by atoms with E-state index in [-0.39, 0.29) is 12.0 Å². The number of nitrogens with two attached hydrogens (primary N) is 1. The standard InChI is InChI=1S/C14H21N5S/c1-7(2)11-13(15)16-6-17-14(11)19-9(4)12-8(3)18-10(5)20-12/h6-7,9H,1-5H3,(H3,15,16,17,19). The zero-order valence-corrected chi connectivity index (χ0v) is 13.4. The van der Waals surface area contributed by atoms with Crippen LogP contribution in [-0.4, -0.2) is 15.0 Å². The third-order valence-electron chi connectivity index (χ3n) is 3.18. The van der Waals surface area contributed by atoms with Crippen LogP contribution in [0.2, 0.25) is 0 Å². The molecule has 0 saturated heterocycles. The first-order valence-corrected chi connectivity index (χ1v) is 7.52. The zero-order valence-electron chi connectivity index (χ0n) is 12.6. The first-order chi connectivity index (χ1) is 9.40.